The molecule has 17 heavy (non-hydrogen) atoms. The Morgan fingerprint density at radius 3 is 3.12 bits per heavy atom. The number of rotatable bonds is 4. The van der Waals surface area contributed by atoms with Gasteiger partial charge in [0.15, 0.2) is 0 Å². The van der Waals surface area contributed by atoms with Crippen molar-refractivity contribution in [3.63, 3.8) is 0 Å². The smallest absolute Gasteiger partial charge is 0.251 e. The third-order valence-corrected chi connectivity index (χ3v) is 2.88. The van der Waals surface area contributed by atoms with Gasteiger partial charge in [-0.25, -0.2) is 0 Å². The lowest BCUT2D eigenvalue weighted by Gasteiger charge is -2.16. The molecule has 90 valence electrons. The maximum Gasteiger partial charge on any atom is 0.251 e. The second-order valence-electron chi connectivity index (χ2n) is 4.35. The normalized spacial score (nSPS) is 15.0. The van der Waals surface area contributed by atoms with Gasteiger partial charge < -0.3 is 16.4 Å². The highest BCUT2D eigenvalue weighted by atomic mass is 16.1. The Morgan fingerprint density at radius 2 is 2.41 bits per heavy atom. The van der Waals surface area contributed by atoms with Crippen molar-refractivity contribution in [2.75, 3.05) is 11.1 Å². The minimum Gasteiger partial charge on any atom is -0.397 e. The summed E-state index contributed by atoms with van der Waals surface area (Å²) in [6.45, 7) is 6.36. The standard InChI is InChI=1S/C13H17N3O/c1-3-4-8(2)16-12-5-9-7-15-13(17)10(9)6-11(12)14/h3,5-6,8,16H,1,4,7,14H2,2H3,(H,15,17). The Bertz CT molecular complexity index is 468. The van der Waals surface area contributed by atoms with Gasteiger partial charge in [-0.15, -0.1) is 6.58 Å². The summed E-state index contributed by atoms with van der Waals surface area (Å²) in [7, 11) is 0. The predicted molar refractivity (Wildman–Crippen MR) is 69.9 cm³/mol. The molecule has 1 aromatic carbocycles. The summed E-state index contributed by atoms with van der Waals surface area (Å²) in [5, 5.41) is 6.10. The fraction of sp³-hybridized carbons (Fsp3) is 0.308. The number of hydrogen-bond donors (Lipinski definition) is 3. The molecular formula is C13H17N3O. The highest BCUT2D eigenvalue weighted by molar-refractivity contribution is 6.00. The third-order valence-electron chi connectivity index (χ3n) is 2.88. The molecule has 0 radical (unpaired) electrons. The van der Waals surface area contributed by atoms with Crippen LogP contribution in [-0.4, -0.2) is 11.9 Å². The van der Waals surface area contributed by atoms with E-state index < -0.39 is 0 Å². The number of carbonyl (C=O) groups is 1. The number of anilines is 2. The molecule has 2 rings (SSSR count). The molecule has 0 aliphatic carbocycles. The molecular weight excluding hydrogens is 214 g/mol. The van der Waals surface area contributed by atoms with Gasteiger partial charge in [0.1, 0.15) is 0 Å². The number of nitrogen functional groups attached to an aromatic ring is 1. The highest BCUT2D eigenvalue weighted by Crippen LogP contribution is 2.27. The minimum absolute atomic E-state index is 0.0441. The molecule has 4 heteroatoms. The summed E-state index contributed by atoms with van der Waals surface area (Å²) in [6, 6.07) is 3.96. The van der Waals surface area contributed by atoms with Gasteiger partial charge in [-0.05, 0) is 31.0 Å². The van der Waals surface area contributed by atoms with Gasteiger partial charge in [-0.3, -0.25) is 4.79 Å². The van der Waals surface area contributed by atoms with Crippen molar-refractivity contribution in [2.24, 2.45) is 0 Å². The largest absolute Gasteiger partial charge is 0.397 e. The zero-order valence-electron chi connectivity index (χ0n) is 9.92. The van der Waals surface area contributed by atoms with Crippen molar-refractivity contribution in [3.8, 4) is 0 Å². The monoisotopic (exact) mass is 231 g/mol. The van der Waals surface area contributed by atoms with Gasteiger partial charge in [0.25, 0.3) is 5.91 Å². The number of hydrogen-bond acceptors (Lipinski definition) is 3. The van der Waals surface area contributed by atoms with Gasteiger partial charge in [-0.1, -0.05) is 6.08 Å². The van der Waals surface area contributed by atoms with Crippen molar-refractivity contribution >= 4 is 17.3 Å². The Kier molecular flexibility index (Phi) is 3.04. The van der Waals surface area contributed by atoms with Crippen LogP contribution in [0.25, 0.3) is 0 Å². The summed E-state index contributed by atoms with van der Waals surface area (Å²) in [5.74, 6) is -0.0441. The van der Waals surface area contributed by atoms with Crippen LogP contribution in [0.4, 0.5) is 11.4 Å². The van der Waals surface area contributed by atoms with Crippen LogP contribution < -0.4 is 16.4 Å². The van der Waals surface area contributed by atoms with E-state index in [9.17, 15) is 4.79 Å². The molecule has 0 aromatic heterocycles. The maximum atomic E-state index is 11.5. The molecule has 1 amide bonds. The lowest BCUT2D eigenvalue weighted by Crippen LogP contribution is -2.15. The van der Waals surface area contributed by atoms with Crippen molar-refractivity contribution in [1.82, 2.24) is 5.32 Å². The SMILES string of the molecule is C=CCC(C)Nc1cc2c(cc1N)C(=O)NC2. The van der Waals surface area contributed by atoms with Crippen LogP contribution in [0, 0.1) is 0 Å². The molecule has 1 aromatic rings. The van der Waals surface area contributed by atoms with Gasteiger partial charge in [0.2, 0.25) is 0 Å². The molecule has 0 saturated heterocycles. The molecule has 0 fully saturated rings. The molecule has 0 spiro atoms. The van der Waals surface area contributed by atoms with Gasteiger partial charge in [0.05, 0.1) is 11.4 Å². The number of carbonyl (C=O) groups excluding carboxylic acids is 1. The van der Waals surface area contributed by atoms with Crippen molar-refractivity contribution in [2.45, 2.75) is 25.9 Å². The number of nitrogens with one attached hydrogen (secondary N) is 2. The van der Waals surface area contributed by atoms with Crippen molar-refractivity contribution < 1.29 is 4.79 Å². The minimum atomic E-state index is -0.0441. The topological polar surface area (TPSA) is 67.1 Å². The van der Waals surface area contributed by atoms with Gasteiger partial charge in [0, 0.05) is 18.2 Å². The summed E-state index contributed by atoms with van der Waals surface area (Å²) in [6.07, 6.45) is 2.74. The molecule has 1 unspecified atom stereocenters. The molecule has 1 aliphatic heterocycles. The summed E-state index contributed by atoms with van der Waals surface area (Å²) < 4.78 is 0. The Labute approximate surface area is 101 Å². The fourth-order valence-electron chi connectivity index (χ4n) is 1.99. The van der Waals surface area contributed by atoms with Crippen LogP contribution in [-0.2, 0) is 6.54 Å². The van der Waals surface area contributed by atoms with Crippen LogP contribution in [0.2, 0.25) is 0 Å². The third kappa shape index (κ3) is 2.25. The molecule has 1 heterocycles. The first-order valence-corrected chi connectivity index (χ1v) is 5.70. The fourth-order valence-corrected chi connectivity index (χ4v) is 1.99. The lowest BCUT2D eigenvalue weighted by atomic mass is 10.1. The van der Waals surface area contributed by atoms with E-state index >= 15 is 0 Å². The van der Waals surface area contributed by atoms with E-state index in [1.54, 1.807) is 6.07 Å². The quantitative estimate of drug-likeness (QED) is 0.547. The van der Waals surface area contributed by atoms with Crippen molar-refractivity contribution in [1.29, 1.82) is 0 Å². The maximum absolute atomic E-state index is 11.5. The van der Waals surface area contributed by atoms with Crippen LogP contribution in [0.1, 0.15) is 29.3 Å². The summed E-state index contributed by atoms with van der Waals surface area (Å²) >= 11 is 0. The first-order valence-electron chi connectivity index (χ1n) is 5.70. The van der Waals surface area contributed by atoms with Crippen LogP contribution in [0.15, 0.2) is 24.8 Å². The number of benzene rings is 1. The molecule has 0 bridgehead atoms. The zero-order valence-corrected chi connectivity index (χ0v) is 9.92. The van der Waals surface area contributed by atoms with Crippen LogP contribution >= 0.6 is 0 Å². The predicted octanol–water partition coefficient (Wildman–Crippen LogP) is 1.89. The van der Waals surface area contributed by atoms with E-state index in [-0.39, 0.29) is 11.9 Å². The molecule has 4 N–H and O–H groups in total. The molecule has 1 aliphatic rings. The molecule has 0 saturated carbocycles. The number of fused-ring (bicyclic) bond motifs is 1. The highest BCUT2D eigenvalue weighted by Gasteiger charge is 2.20. The second-order valence-corrected chi connectivity index (χ2v) is 4.35. The number of nitrogens with two attached hydrogens (primary N) is 1. The lowest BCUT2D eigenvalue weighted by molar-refractivity contribution is 0.0966. The van der Waals surface area contributed by atoms with Gasteiger partial charge in [-0.2, -0.15) is 0 Å². The van der Waals surface area contributed by atoms with E-state index in [0.29, 0.717) is 17.8 Å². The average Bonchev–Trinajstić information content (AvgIpc) is 2.61. The Morgan fingerprint density at radius 1 is 1.65 bits per heavy atom. The number of amides is 1. The van der Waals surface area contributed by atoms with E-state index in [1.165, 1.54) is 0 Å². The van der Waals surface area contributed by atoms with Crippen molar-refractivity contribution in [3.05, 3.63) is 35.9 Å². The Balaban J connectivity index is 2.25. The van der Waals surface area contributed by atoms with E-state index in [4.69, 9.17) is 5.73 Å². The molecule has 1 atom stereocenters. The zero-order chi connectivity index (χ0) is 12.4. The first-order chi connectivity index (χ1) is 8.11. The van der Waals surface area contributed by atoms with Crippen LogP contribution in [0.3, 0.4) is 0 Å². The van der Waals surface area contributed by atoms with E-state index in [2.05, 4.69) is 24.1 Å². The Hall–Kier alpha value is -1.97. The summed E-state index contributed by atoms with van der Waals surface area (Å²) in [5.41, 5.74) is 9.11. The van der Waals surface area contributed by atoms with E-state index in [0.717, 1.165) is 17.7 Å². The second kappa shape index (κ2) is 4.49. The first kappa shape index (κ1) is 11.5. The van der Waals surface area contributed by atoms with Crippen LogP contribution in [0.5, 0.6) is 0 Å². The van der Waals surface area contributed by atoms with Gasteiger partial charge >= 0.3 is 0 Å². The average molecular weight is 231 g/mol. The molecule has 4 nitrogen and oxygen atoms in total. The summed E-state index contributed by atoms with van der Waals surface area (Å²) in [4.78, 5) is 11.5. The van der Waals surface area contributed by atoms with E-state index in [1.807, 2.05) is 12.1 Å².